The molecular formula is C29H27N2+. The molecule has 0 bridgehead atoms. The van der Waals surface area contributed by atoms with Crippen molar-refractivity contribution in [1.82, 2.24) is 4.98 Å². The first-order valence-corrected chi connectivity index (χ1v) is 11.0. The summed E-state index contributed by atoms with van der Waals surface area (Å²) in [6.07, 6.45) is 6.37. The molecule has 0 saturated carbocycles. The van der Waals surface area contributed by atoms with E-state index < -0.39 is 0 Å². The Kier molecular flexibility index (Phi) is 4.78. The van der Waals surface area contributed by atoms with E-state index in [4.69, 9.17) is 0 Å². The van der Waals surface area contributed by atoms with Crippen molar-refractivity contribution < 1.29 is 4.58 Å². The molecule has 2 heteroatoms. The maximum atomic E-state index is 4.45. The van der Waals surface area contributed by atoms with Gasteiger partial charge in [-0.05, 0) is 61.4 Å². The van der Waals surface area contributed by atoms with E-state index in [-0.39, 0.29) is 5.41 Å². The van der Waals surface area contributed by atoms with Crippen molar-refractivity contribution in [2.75, 3.05) is 6.54 Å². The second-order valence-electron chi connectivity index (χ2n) is 8.61. The molecule has 0 fully saturated rings. The van der Waals surface area contributed by atoms with Gasteiger partial charge in [-0.3, -0.25) is 4.98 Å². The molecule has 1 aliphatic rings. The fourth-order valence-electron chi connectivity index (χ4n) is 4.85. The molecule has 152 valence electrons. The molecule has 0 aliphatic carbocycles. The Morgan fingerprint density at radius 2 is 1.61 bits per heavy atom. The van der Waals surface area contributed by atoms with Gasteiger partial charge >= 0.3 is 0 Å². The minimum absolute atomic E-state index is 0.0589. The van der Waals surface area contributed by atoms with E-state index in [0.717, 1.165) is 17.8 Å². The van der Waals surface area contributed by atoms with Crippen LogP contribution in [0.2, 0.25) is 0 Å². The zero-order valence-corrected chi connectivity index (χ0v) is 18.3. The lowest BCUT2D eigenvalue weighted by atomic mass is 9.79. The van der Waals surface area contributed by atoms with E-state index in [1.807, 2.05) is 24.4 Å². The Morgan fingerprint density at radius 1 is 0.839 bits per heavy atom. The first-order chi connectivity index (χ1) is 15.1. The van der Waals surface area contributed by atoms with Crippen LogP contribution in [-0.4, -0.2) is 21.8 Å². The summed E-state index contributed by atoms with van der Waals surface area (Å²) in [5.41, 5.74) is 7.38. The number of aromatic nitrogens is 1. The molecule has 1 aromatic heterocycles. The highest BCUT2D eigenvalue weighted by Gasteiger charge is 2.44. The van der Waals surface area contributed by atoms with Crippen molar-refractivity contribution in [3.05, 3.63) is 102 Å². The van der Waals surface area contributed by atoms with Crippen molar-refractivity contribution in [2.24, 2.45) is 0 Å². The van der Waals surface area contributed by atoms with Crippen molar-refractivity contribution in [3.63, 3.8) is 0 Å². The summed E-state index contributed by atoms with van der Waals surface area (Å²) in [4.78, 5) is 4.45. The monoisotopic (exact) mass is 403 g/mol. The summed E-state index contributed by atoms with van der Waals surface area (Å²) < 4.78 is 2.46. The zero-order chi connectivity index (χ0) is 21.4. The molecule has 2 nitrogen and oxygen atoms in total. The standard InChI is InChI=1S/C29H27N2/c1-4-31-26-18-17-22-9-5-6-10-24(22)28(26)29(2,3)27(31)19-14-21-12-15-23(16-13-21)25-11-7-8-20-30-25/h5-20H,4H2,1-3H3/q+1/b19-14+. The molecule has 4 aromatic rings. The Bertz CT molecular complexity index is 1310. The van der Waals surface area contributed by atoms with Crippen LogP contribution in [0.25, 0.3) is 28.1 Å². The van der Waals surface area contributed by atoms with Crippen molar-refractivity contribution in [1.29, 1.82) is 0 Å². The average Bonchev–Trinajstić information content (AvgIpc) is 3.04. The number of rotatable bonds is 4. The van der Waals surface area contributed by atoms with Gasteiger partial charge in [0.25, 0.3) is 0 Å². The molecular weight excluding hydrogens is 376 g/mol. The lowest BCUT2D eigenvalue weighted by Gasteiger charge is -2.17. The summed E-state index contributed by atoms with van der Waals surface area (Å²) in [5.74, 6) is 0. The maximum Gasteiger partial charge on any atom is 0.210 e. The lowest BCUT2D eigenvalue weighted by molar-refractivity contribution is -0.433. The Balaban J connectivity index is 1.52. The number of pyridine rings is 1. The van der Waals surface area contributed by atoms with E-state index in [2.05, 4.69) is 103 Å². The summed E-state index contributed by atoms with van der Waals surface area (Å²) in [5, 5.41) is 2.66. The van der Waals surface area contributed by atoms with Crippen molar-refractivity contribution >= 4 is 28.2 Å². The van der Waals surface area contributed by atoms with Gasteiger partial charge in [-0.2, -0.15) is 4.58 Å². The van der Waals surface area contributed by atoms with Crippen LogP contribution in [0.3, 0.4) is 0 Å². The summed E-state index contributed by atoms with van der Waals surface area (Å²) in [6.45, 7) is 7.87. The molecule has 2 heterocycles. The molecule has 0 unspecified atom stereocenters. The van der Waals surface area contributed by atoms with Crippen LogP contribution in [-0.2, 0) is 5.41 Å². The third-order valence-corrected chi connectivity index (χ3v) is 6.38. The van der Waals surface area contributed by atoms with Crippen LogP contribution in [0.4, 0.5) is 5.69 Å². The van der Waals surface area contributed by atoms with Gasteiger partial charge in [0.1, 0.15) is 6.54 Å². The first kappa shape index (κ1) is 19.4. The van der Waals surface area contributed by atoms with Crippen LogP contribution >= 0.6 is 0 Å². The van der Waals surface area contributed by atoms with Gasteiger partial charge in [-0.1, -0.05) is 54.6 Å². The number of hydrogen-bond acceptors (Lipinski definition) is 1. The summed E-state index contributed by atoms with van der Waals surface area (Å²) >= 11 is 0. The molecule has 3 aromatic carbocycles. The highest BCUT2D eigenvalue weighted by atomic mass is 15.0. The topological polar surface area (TPSA) is 15.9 Å². The van der Waals surface area contributed by atoms with Gasteiger partial charge in [-0.25, -0.2) is 0 Å². The highest BCUT2D eigenvalue weighted by molar-refractivity contribution is 6.09. The summed E-state index contributed by atoms with van der Waals surface area (Å²) in [6, 6.07) is 27.9. The quantitative estimate of drug-likeness (QED) is 0.335. The molecule has 31 heavy (non-hydrogen) atoms. The molecule has 0 radical (unpaired) electrons. The highest BCUT2D eigenvalue weighted by Crippen LogP contribution is 2.44. The van der Waals surface area contributed by atoms with E-state index >= 15 is 0 Å². The first-order valence-electron chi connectivity index (χ1n) is 11.0. The van der Waals surface area contributed by atoms with E-state index in [9.17, 15) is 0 Å². The third kappa shape index (κ3) is 3.29. The fourth-order valence-corrected chi connectivity index (χ4v) is 4.85. The minimum Gasteiger partial charge on any atom is -0.256 e. The van der Waals surface area contributed by atoms with Crippen LogP contribution in [0.1, 0.15) is 31.9 Å². The van der Waals surface area contributed by atoms with Crippen LogP contribution in [0.5, 0.6) is 0 Å². The molecule has 1 aliphatic heterocycles. The smallest absolute Gasteiger partial charge is 0.210 e. The van der Waals surface area contributed by atoms with Gasteiger partial charge in [0.05, 0.1) is 11.1 Å². The average molecular weight is 404 g/mol. The number of fused-ring (bicyclic) bond motifs is 3. The summed E-state index contributed by atoms with van der Waals surface area (Å²) in [7, 11) is 0. The predicted octanol–water partition coefficient (Wildman–Crippen LogP) is 7.01. The van der Waals surface area contributed by atoms with E-state index in [0.29, 0.717) is 0 Å². The third-order valence-electron chi connectivity index (χ3n) is 6.38. The zero-order valence-electron chi connectivity index (χ0n) is 18.3. The second kappa shape index (κ2) is 7.63. The van der Waals surface area contributed by atoms with Crippen LogP contribution in [0.15, 0.2) is 91.1 Å². The van der Waals surface area contributed by atoms with Gasteiger partial charge in [0.15, 0.2) is 5.71 Å². The van der Waals surface area contributed by atoms with Crippen LogP contribution in [0, 0.1) is 0 Å². The molecule has 0 spiro atoms. The molecule has 5 rings (SSSR count). The van der Waals surface area contributed by atoms with Gasteiger partial charge in [-0.15, -0.1) is 0 Å². The Hall–Kier alpha value is -3.52. The maximum absolute atomic E-state index is 4.45. The predicted molar refractivity (Wildman–Crippen MR) is 131 cm³/mol. The second-order valence-corrected chi connectivity index (χ2v) is 8.61. The van der Waals surface area contributed by atoms with Crippen LogP contribution < -0.4 is 0 Å². The SMILES string of the molecule is CC[N+]1=C(/C=C/c2ccc(-c3ccccn3)cc2)C(C)(C)c2c1ccc1ccccc21. The molecule has 0 N–H and O–H groups in total. The van der Waals surface area contributed by atoms with Crippen molar-refractivity contribution in [3.8, 4) is 11.3 Å². The molecule has 0 saturated heterocycles. The molecule has 0 amide bonds. The van der Waals surface area contributed by atoms with Gasteiger partial charge in [0, 0.05) is 29.5 Å². The Labute approximate surface area is 184 Å². The van der Waals surface area contributed by atoms with E-state index in [1.54, 1.807) is 0 Å². The normalized spacial score (nSPS) is 15.1. The number of nitrogens with zero attached hydrogens (tertiary/aromatic N) is 2. The van der Waals surface area contributed by atoms with Gasteiger partial charge in [0.2, 0.25) is 5.69 Å². The Morgan fingerprint density at radius 3 is 2.35 bits per heavy atom. The fraction of sp³-hybridized carbons (Fsp3) is 0.172. The number of benzene rings is 3. The van der Waals surface area contributed by atoms with Crippen molar-refractivity contribution in [2.45, 2.75) is 26.2 Å². The van der Waals surface area contributed by atoms with E-state index in [1.165, 1.54) is 33.3 Å². The minimum atomic E-state index is -0.0589. The molecule has 0 atom stereocenters. The van der Waals surface area contributed by atoms with Gasteiger partial charge < -0.3 is 0 Å². The largest absolute Gasteiger partial charge is 0.256 e. The number of hydrogen-bond donors (Lipinski definition) is 0. The number of allylic oxidation sites excluding steroid dienone is 1. The lowest BCUT2D eigenvalue weighted by Crippen LogP contribution is -2.27.